The quantitative estimate of drug-likeness (QED) is 0.367. The summed E-state index contributed by atoms with van der Waals surface area (Å²) < 4.78 is 0. The van der Waals surface area contributed by atoms with Crippen LogP contribution in [0.5, 0.6) is 0 Å². The molecule has 11 heteroatoms. The van der Waals surface area contributed by atoms with Crippen LogP contribution >= 0.6 is 0 Å². The van der Waals surface area contributed by atoms with Crippen molar-refractivity contribution in [3.63, 3.8) is 0 Å². The van der Waals surface area contributed by atoms with E-state index in [2.05, 4.69) is 25.8 Å². The van der Waals surface area contributed by atoms with Crippen LogP contribution in [0, 0.1) is 17.2 Å². The molecule has 0 aliphatic rings. The average molecular weight is 419 g/mol. The first-order valence-corrected chi connectivity index (χ1v) is 9.37. The molecule has 3 rings (SSSR count). The molecule has 0 bridgehead atoms. The van der Waals surface area contributed by atoms with Gasteiger partial charge in [-0.2, -0.15) is 20.3 Å². The van der Waals surface area contributed by atoms with Crippen LogP contribution < -0.4 is 22.1 Å². The van der Waals surface area contributed by atoms with Gasteiger partial charge in [0.15, 0.2) is 0 Å². The van der Waals surface area contributed by atoms with Crippen molar-refractivity contribution in [2.75, 3.05) is 17.2 Å². The Balaban J connectivity index is 2.01. The molecule has 1 aromatic carbocycles. The smallest absolute Gasteiger partial charge is 0.252 e. The van der Waals surface area contributed by atoms with E-state index in [0.717, 1.165) is 0 Å². The van der Waals surface area contributed by atoms with Gasteiger partial charge < -0.3 is 26.9 Å². The molecule has 2 aromatic heterocycles. The number of carbonyl (C=O) groups excluding carboxylic acids is 2. The minimum atomic E-state index is -0.759. The van der Waals surface area contributed by atoms with Crippen LogP contribution in [-0.4, -0.2) is 44.8 Å². The van der Waals surface area contributed by atoms with E-state index < -0.39 is 11.9 Å². The van der Waals surface area contributed by atoms with Gasteiger partial charge in [0.1, 0.15) is 24.0 Å². The first-order chi connectivity index (χ1) is 15.0. The Morgan fingerprint density at radius 3 is 2.65 bits per heavy atom. The highest BCUT2D eigenvalue weighted by molar-refractivity contribution is 5.99. The second-order valence-electron chi connectivity index (χ2n) is 6.77. The fourth-order valence-corrected chi connectivity index (χ4v) is 2.80. The number of rotatable bonds is 9. The van der Waals surface area contributed by atoms with E-state index in [1.807, 2.05) is 12.1 Å². The van der Waals surface area contributed by atoms with E-state index >= 15 is 0 Å². The normalized spacial score (nSPS) is 12.4. The maximum Gasteiger partial charge on any atom is 0.252 e. The van der Waals surface area contributed by atoms with E-state index in [1.165, 1.54) is 10.9 Å². The van der Waals surface area contributed by atoms with Crippen molar-refractivity contribution >= 4 is 29.5 Å². The fraction of sp³-hybridized carbons (Fsp3) is 0.200. The largest absolute Gasteiger partial charge is 0.365 e. The molecule has 2 atom stereocenters. The Kier molecular flexibility index (Phi) is 6.54. The van der Waals surface area contributed by atoms with Crippen molar-refractivity contribution in [1.29, 1.82) is 5.26 Å². The summed E-state index contributed by atoms with van der Waals surface area (Å²) in [5, 5.41) is 23.6. The zero-order chi connectivity index (χ0) is 22.4. The number of pyridine rings is 1. The Hall–Kier alpha value is -4.30. The molecule has 11 nitrogen and oxygen atoms in total. The Morgan fingerprint density at radius 2 is 2.03 bits per heavy atom. The van der Waals surface area contributed by atoms with Crippen molar-refractivity contribution in [2.24, 2.45) is 17.4 Å². The number of amides is 1. The molecule has 31 heavy (non-hydrogen) atoms. The molecule has 1 amide bonds. The van der Waals surface area contributed by atoms with E-state index in [0.29, 0.717) is 17.7 Å². The van der Waals surface area contributed by atoms with Gasteiger partial charge in [-0.3, -0.25) is 4.79 Å². The molecule has 2 heterocycles. The van der Waals surface area contributed by atoms with Crippen LogP contribution in [0.2, 0.25) is 0 Å². The molecule has 0 aliphatic heterocycles. The third-order valence-corrected chi connectivity index (χ3v) is 4.60. The predicted molar refractivity (Wildman–Crippen MR) is 114 cm³/mol. The van der Waals surface area contributed by atoms with Crippen LogP contribution in [0.4, 0.5) is 17.3 Å². The summed E-state index contributed by atoms with van der Waals surface area (Å²) in [4.78, 5) is 29.3. The van der Waals surface area contributed by atoms with Crippen molar-refractivity contribution in [3.8, 4) is 11.8 Å². The SMILES string of the molecule is CC(CN)C(C=O)Nc1nc(Nc2cccc(-n3nccn3)c2)c(C(N)=O)cc1C#N. The van der Waals surface area contributed by atoms with Gasteiger partial charge in [0.25, 0.3) is 5.91 Å². The van der Waals surface area contributed by atoms with Gasteiger partial charge in [0, 0.05) is 5.69 Å². The van der Waals surface area contributed by atoms with Crippen molar-refractivity contribution < 1.29 is 9.59 Å². The molecule has 0 saturated heterocycles. The summed E-state index contributed by atoms with van der Waals surface area (Å²) in [6.45, 7) is 2.06. The highest BCUT2D eigenvalue weighted by Gasteiger charge is 2.21. The highest BCUT2D eigenvalue weighted by atomic mass is 16.1. The highest BCUT2D eigenvalue weighted by Crippen LogP contribution is 2.26. The number of aldehydes is 1. The monoisotopic (exact) mass is 419 g/mol. The van der Waals surface area contributed by atoms with E-state index in [4.69, 9.17) is 11.5 Å². The second-order valence-corrected chi connectivity index (χ2v) is 6.77. The fourth-order valence-electron chi connectivity index (χ4n) is 2.80. The molecule has 0 aliphatic carbocycles. The molecule has 0 saturated carbocycles. The molecule has 0 fully saturated rings. The summed E-state index contributed by atoms with van der Waals surface area (Å²) in [5.41, 5.74) is 12.5. The molecule has 0 spiro atoms. The number of primary amides is 1. The summed E-state index contributed by atoms with van der Waals surface area (Å²) in [5.74, 6) is -0.691. The Labute approximate surface area is 178 Å². The minimum Gasteiger partial charge on any atom is -0.365 e. The Morgan fingerprint density at radius 1 is 1.29 bits per heavy atom. The number of nitrogens with one attached hydrogen (secondary N) is 2. The van der Waals surface area contributed by atoms with E-state index in [1.54, 1.807) is 37.5 Å². The first kappa shape index (κ1) is 21.4. The number of hydrogen-bond donors (Lipinski definition) is 4. The lowest BCUT2D eigenvalue weighted by Gasteiger charge is -2.21. The van der Waals surface area contributed by atoms with Crippen molar-refractivity contribution in [1.82, 2.24) is 20.0 Å². The lowest BCUT2D eigenvalue weighted by molar-refractivity contribution is -0.109. The number of carbonyl (C=O) groups is 2. The van der Waals surface area contributed by atoms with Crippen molar-refractivity contribution in [2.45, 2.75) is 13.0 Å². The third-order valence-electron chi connectivity index (χ3n) is 4.60. The van der Waals surface area contributed by atoms with Gasteiger partial charge in [-0.05, 0) is 36.7 Å². The van der Waals surface area contributed by atoms with Crippen LogP contribution in [-0.2, 0) is 4.79 Å². The van der Waals surface area contributed by atoms with Crippen LogP contribution in [0.25, 0.3) is 5.69 Å². The molecule has 2 unspecified atom stereocenters. The number of hydrogen-bond acceptors (Lipinski definition) is 9. The van der Waals surface area contributed by atoms with Gasteiger partial charge >= 0.3 is 0 Å². The summed E-state index contributed by atoms with van der Waals surface area (Å²) in [6.07, 6.45) is 3.81. The first-order valence-electron chi connectivity index (χ1n) is 9.37. The maximum absolute atomic E-state index is 12.0. The van der Waals surface area contributed by atoms with Gasteiger partial charge in [-0.1, -0.05) is 13.0 Å². The van der Waals surface area contributed by atoms with Gasteiger partial charge in [0.05, 0.1) is 35.2 Å². The topological polar surface area (TPSA) is 178 Å². The zero-order valence-electron chi connectivity index (χ0n) is 16.7. The standard InChI is InChI=1S/C20H21N9O2/c1-12(9-21)17(11-30)27-19-13(10-22)7-16(18(23)31)20(28-19)26-14-3-2-4-15(8-14)29-24-5-6-25-29/h2-8,11-12,17H,9,21H2,1H3,(H2,23,31)(H2,26,27,28). The summed E-state index contributed by atoms with van der Waals surface area (Å²) in [6, 6.07) is 9.73. The van der Waals surface area contributed by atoms with E-state index in [-0.39, 0.29) is 35.2 Å². The molecule has 3 aromatic rings. The van der Waals surface area contributed by atoms with Gasteiger partial charge in [-0.15, -0.1) is 0 Å². The summed E-state index contributed by atoms with van der Waals surface area (Å²) >= 11 is 0. The van der Waals surface area contributed by atoms with E-state index in [9.17, 15) is 14.9 Å². The van der Waals surface area contributed by atoms with Crippen LogP contribution in [0.1, 0.15) is 22.8 Å². The zero-order valence-corrected chi connectivity index (χ0v) is 16.7. The minimum absolute atomic E-state index is 0.0271. The second kappa shape index (κ2) is 9.47. The Bertz CT molecular complexity index is 1120. The van der Waals surface area contributed by atoms with Crippen LogP contribution in [0.15, 0.2) is 42.7 Å². The van der Waals surface area contributed by atoms with Gasteiger partial charge in [-0.25, -0.2) is 4.98 Å². The third kappa shape index (κ3) is 4.82. The molecular formula is C20H21N9O2. The predicted octanol–water partition coefficient (Wildman–Crippen LogP) is 0.951. The number of nitrogens with zero attached hydrogens (tertiary/aromatic N) is 5. The molecule has 6 N–H and O–H groups in total. The lowest BCUT2D eigenvalue weighted by atomic mass is 10.0. The molecule has 158 valence electrons. The summed E-state index contributed by atoms with van der Waals surface area (Å²) in [7, 11) is 0. The van der Waals surface area contributed by atoms with Crippen LogP contribution in [0.3, 0.4) is 0 Å². The molecule has 0 radical (unpaired) electrons. The van der Waals surface area contributed by atoms with Crippen molar-refractivity contribution in [3.05, 3.63) is 53.9 Å². The lowest BCUT2D eigenvalue weighted by Crippen LogP contribution is -2.34. The number of benzene rings is 1. The maximum atomic E-state index is 12.0. The van der Waals surface area contributed by atoms with Gasteiger partial charge in [0.2, 0.25) is 0 Å². The molecular weight excluding hydrogens is 398 g/mol. The number of nitrogens with two attached hydrogens (primary N) is 2. The number of anilines is 3. The number of aromatic nitrogens is 4. The number of nitriles is 1. The average Bonchev–Trinajstić information content (AvgIpc) is 3.32.